The SMILES string of the molecule is CC1CCC(N(C)c2nc(C(C)C)c(C=O)s2)CC1. The van der Waals surface area contributed by atoms with Crippen molar-refractivity contribution in [3.05, 3.63) is 10.6 Å². The van der Waals surface area contributed by atoms with Gasteiger partial charge in [0, 0.05) is 13.1 Å². The summed E-state index contributed by atoms with van der Waals surface area (Å²) in [6, 6.07) is 0.585. The third kappa shape index (κ3) is 3.16. The van der Waals surface area contributed by atoms with E-state index in [0.29, 0.717) is 12.0 Å². The van der Waals surface area contributed by atoms with Gasteiger partial charge in [0.05, 0.1) is 10.6 Å². The van der Waals surface area contributed by atoms with Crippen molar-refractivity contribution >= 4 is 22.8 Å². The van der Waals surface area contributed by atoms with Crippen LogP contribution in [0.4, 0.5) is 5.13 Å². The summed E-state index contributed by atoms with van der Waals surface area (Å²) in [5.74, 6) is 1.17. The number of aromatic nitrogens is 1. The summed E-state index contributed by atoms with van der Waals surface area (Å²) in [4.78, 5) is 18.9. The number of rotatable bonds is 4. The fraction of sp³-hybridized carbons (Fsp3) is 0.733. The van der Waals surface area contributed by atoms with Crippen molar-refractivity contribution in [2.45, 2.75) is 58.4 Å². The Kier molecular flexibility index (Phi) is 4.61. The Hall–Kier alpha value is -0.900. The van der Waals surface area contributed by atoms with Crippen LogP contribution in [0.25, 0.3) is 0 Å². The first-order valence-corrected chi connectivity index (χ1v) is 8.03. The van der Waals surface area contributed by atoms with E-state index in [-0.39, 0.29) is 0 Å². The highest BCUT2D eigenvalue weighted by atomic mass is 32.1. The Morgan fingerprint density at radius 1 is 1.32 bits per heavy atom. The molecule has 0 atom stereocenters. The van der Waals surface area contributed by atoms with Crippen molar-refractivity contribution in [2.24, 2.45) is 5.92 Å². The van der Waals surface area contributed by atoms with Crippen LogP contribution in [0.5, 0.6) is 0 Å². The van der Waals surface area contributed by atoms with Crippen LogP contribution in [0.2, 0.25) is 0 Å². The number of hydrogen-bond acceptors (Lipinski definition) is 4. The quantitative estimate of drug-likeness (QED) is 0.779. The molecule has 4 heteroatoms. The topological polar surface area (TPSA) is 33.2 Å². The largest absolute Gasteiger partial charge is 0.348 e. The maximum Gasteiger partial charge on any atom is 0.186 e. The van der Waals surface area contributed by atoms with Gasteiger partial charge in [-0.2, -0.15) is 0 Å². The summed E-state index contributed by atoms with van der Waals surface area (Å²) in [7, 11) is 2.12. The summed E-state index contributed by atoms with van der Waals surface area (Å²) in [5.41, 5.74) is 0.950. The van der Waals surface area contributed by atoms with Crippen molar-refractivity contribution in [3.63, 3.8) is 0 Å². The van der Waals surface area contributed by atoms with Gasteiger partial charge in [0.15, 0.2) is 11.4 Å². The van der Waals surface area contributed by atoms with Crippen LogP contribution in [0.15, 0.2) is 0 Å². The molecule has 2 rings (SSSR count). The van der Waals surface area contributed by atoms with Crippen molar-refractivity contribution in [1.82, 2.24) is 4.98 Å². The average Bonchev–Trinajstić information content (AvgIpc) is 2.83. The second-order valence-electron chi connectivity index (χ2n) is 6.04. The van der Waals surface area contributed by atoms with E-state index in [1.165, 1.54) is 37.0 Å². The number of thiazole rings is 1. The molecule has 0 saturated heterocycles. The summed E-state index contributed by atoms with van der Waals surface area (Å²) in [6.07, 6.45) is 6.04. The molecule has 0 amide bonds. The second-order valence-corrected chi connectivity index (χ2v) is 7.05. The summed E-state index contributed by atoms with van der Waals surface area (Å²) >= 11 is 1.54. The molecule has 1 aromatic rings. The van der Waals surface area contributed by atoms with Crippen LogP contribution in [0, 0.1) is 5.92 Å². The lowest BCUT2D eigenvalue weighted by atomic mass is 9.87. The van der Waals surface area contributed by atoms with Gasteiger partial charge < -0.3 is 4.90 Å². The minimum atomic E-state index is 0.310. The van der Waals surface area contributed by atoms with E-state index in [2.05, 4.69) is 37.7 Å². The molecule has 0 radical (unpaired) electrons. The minimum absolute atomic E-state index is 0.310. The normalized spacial score (nSPS) is 23.6. The van der Waals surface area contributed by atoms with E-state index in [0.717, 1.165) is 27.9 Å². The molecule has 1 saturated carbocycles. The molecule has 0 aromatic carbocycles. The van der Waals surface area contributed by atoms with Crippen LogP contribution in [-0.2, 0) is 0 Å². The van der Waals surface area contributed by atoms with E-state index in [9.17, 15) is 4.79 Å². The van der Waals surface area contributed by atoms with Crippen LogP contribution in [0.1, 0.15) is 67.7 Å². The molecule has 1 heterocycles. The molecule has 19 heavy (non-hydrogen) atoms. The summed E-state index contributed by atoms with van der Waals surface area (Å²) in [5, 5.41) is 1.00. The molecule has 1 fully saturated rings. The molecular weight excluding hydrogens is 256 g/mol. The number of hydrogen-bond donors (Lipinski definition) is 0. The zero-order valence-electron chi connectivity index (χ0n) is 12.3. The van der Waals surface area contributed by atoms with E-state index in [1.54, 1.807) is 0 Å². The van der Waals surface area contributed by atoms with Crippen molar-refractivity contribution in [1.29, 1.82) is 0 Å². The van der Waals surface area contributed by atoms with Crippen LogP contribution in [-0.4, -0.2) is 24.4 Å². The summed E-state index contributed by atoms with van der Waals surface area (Å²) < 4.78 is 0. The van der Waals surface area contributed by atoms with Gasteiger partial charge in [-0.15, -0.1) is 0 Å². The number of nitrogens with zero attached hydrogens (tertiary/aromatic N) is 2. The Morgan fingerprint density at radius 3 is 2.42 bits per heavy atom. The molecule has 0 aliphatic heterocycles. The van der Waals surface area contributed by atoms with E-state index < -0.39 is 0 Å². The van der Waals surface area contributed by atoms with E-state index in [4.69, 9.17) is 0 Å². The predicted octanol–water partition coefficient (Wildman–Crippen LogP) is 4.09. The second kappa shape index (κ2) is 6.04. The van der Waals surface area contributed by atoms with E-state index in [1.807, 2.05) is 0 Å². The highest BCUT2D eigenvalue weighted by molar-refractivity contribution is 7.17. The smallest absolute Gasteiger partial charge is 0.186 e. The molecule has 1 aromatic heterocycles. The maximum atomic E-state index is 11.1. The highest BCUT2D eigenvalue weighted by Gasteiger charge is 2.25. The molecule has 0 N–H and O–H groups in total. The molecule has 1 aliphatic carbocycles. The molecule has 0 spiro atoms. The number of anilines is 1. The molecule has 0 bridgehead atoms. The van der Waals surface area contributed by atoms with Crippen LogP contribution in [0.3, 0.4) is 0 Å². The average molecular weight is 280 g/mol. The Morgan fingerprint density at radius 2 is 1.95 bits per heavy atom. The van der Waals surface area contributed by atoms with Gasteiger partial charge in [0.1, 0.15) is 0 Å². The predicted molar refractivity (Wildman–Crippen MR) is 81.4 cm³/mol. The maximum absolute atomic E-state index is 11.1. The third-order valence-electron chi connectivity index (χ3n) is 4.16. The number of carbonyl (C=O) groups excluding carboxylic acids is 1. The first kappa shape index (κ1) is 14.5. The van der Waals surface area contributed by atoms with Crippen LogP contribution < -0.4 is 4.90 Å². The number of aldehydes is 1. The standard InChI is InChI=1S/C15H24N2OS/c1-10(2)14-13(9-18)19-15(16-14)17(4)12-7-5-11(3)6-8-12/h9-12H,5-8H2,1-4H3. The zero-order valence-corrected chi connectivity index (χ0v) is 13.2. The van der Waals surface area contributed by atoms with Crippen molar-refractivity contribution < 1.29 is 4.79 Å². The van der Waals surface area contributed by atoms with Gasteiger partial charge in [-0.3, -0.25) is 4.79 Å². The zero-order chi connectivity index (χ0) is 14.0. The lowest BCUT2D eigenvalue weighted by Crippen LogP contribution is -2.34. The third-order valence-corrected chi connectivity index (χ3v) is 5.25. The first-order chi connectivity index (χ1) is 9.02. The first-order valence-electron chi connectivity index (χ1n) is 7.21. The Bertz CT molecular complexity index is 433. The Labute approximate surface area is 120 Å². The molecule has 1 aliphatic rings. The lowest BCUT2D eigenvalue weighted by molar-refractivity contribution is 0.112. The van der Waals surface area contributed by atoms with Gasteiger partial charge in [-0.1, -0.05) is 32.1 Å². The fourth-order valence-corrected chi connectivity index (χ4v) is 3.83. The number of carbonyl (C=O) groups is 1. The van der Waals surface area contributed by atoms with Crippen molar-refractivity contribution in [2.75, 3.05) is 11.9 Å². The molecule has 106 valence electrons. The summed E-state index contributed by atoms with van der Waals surface area (Å²) in [6.45, 7) is 6.52. The van der Waals surface area contributed by atoms with Gasteiger partial charge in [0.25, 0.3) is 0 Å². The van der Waals surface area contributed by atoms with E-state index >= 15 is 0 Å². The molecule has 3 nitrogen and oxygen atoms in total. The molecular formula is C15H24N2OS. The van der Waals surface area contributed by atoms with Gasteiger partial charge in [0.2, 0.25) is 0 Å². The molecule has 0 unspecified atom stereocenters. The van der Waals surface area contributed by atoms with Crippen LogP contribution >= 0.6 is 11.3 Å². The van der Waals surface area contributed by atoms with Crippen molar-refractivity contribution in [3.8, 4) is 0 Å². The lowest BCUT2D eigenvalue weighted by Gasteiger charge is -2.33. The Balaban J connectivity index is 2.15. The monoisotopic (exact) mass is 280 g/mol. The van der Waals surface area contributed by atoms with Gasteiger partial charge >= 0.3 is 0 Å². The van der Waals surface area contributed by atoms with Gasteiger partial charge in [-0.25, -0.2) is 4.98 Å². The minimum Gasteiger partial charge on any atom is -0.348 e. The fourth-order valence-electron chi connectivity index (χ4n) is 2.77. The van der Waals surface area contributed by atoms with Gasteiger partial charge in [-0.05, 0) is 37.5 Å². The highest BCUT2D eigenvalue weighted by Crippen LogP contribution is 2.34.